The fourth-order valence-corrected chi connectivity index (χ4v) is 2.91. The van der Waals surface area contributed by atoms with Gasteiger partial charge in [0.2, 0.25) is 0 Å². The predicted molar refractivity (Wildman–Crippen MR) is 49.2 cm³/mol. The summed E-state index contributed by atoms with van der Waals surface area (Å²) in [5.41, 5.74) is 0.393. The number of piperidine rings is 1. The van der Waals surface area contributed by atoms with Gasteiger partial charge in [0, 0.05) is 0 Å². The van der Waals surface area contributed by atoms with Crippen LogP contribution in [0.3, 0.4) is 0 Å². The molecule has 1 aliphatic heterocycles. The zero-order valence-electron chi connectivity index (χ0n) is 8.46. The van der Waals surface area contributed by atoms with E-state index in [4.69, 9.17) is 4.74 Å². The van der Waals surface area contributed by atoms with E-state index in [1.165, 1.54) is 7.11 Å². The number of methoxy groups -OCH3 is 1. The molecular formula is C10H17NO2. The SMILES string of the molecule is CCC1(C)[C@@H]2[C@@H](C(=O)OC)NC[C@@H]21. The van der Waals surface area contributed by atoms with Crippen molar-refractivity contribution in [3.8, 4) is 0 Å². The van der Waals surface area contributed by atoms with E-state index in [9.17, 15) is 4.79 Å². The first-order chi connectivity index (χ1) is 6.15. The van der Waals surface area contributed by atoms with E-state index in [1.54, 1.807) is 0 Å². The molecule has 1 unspecified atom stereocenters. The second kappa shape index (κ2) is 2.71. The van der Waals surface area contributed by atoms with E-state index in [0.717, 1.165) is 13.0 Å². The minimum absolute atomic E-state index is 0.0417. The summed E-state index contributed by atoms with van der Waals surface area (Å²) in [6.45, 7) is 5.46. The molecule has 3 nitrogen and oxygen atoms in total. The lowest BCUT2D eigenvalue weighted by atomic mass is 9.97. The topological polar surface area (TPSA) is 38.3 Å². The van der Waals surface area contributed by atoms with Gasteiger partial charge in [-0.15, -0.1) is 0 Å². The smallest absolute Gasteiger partial charge is 0.323 e. The molecule has 0 aromatic rings. The Morgan fingerprint density at radius 2 is 2.38 bits per heavy atom. The van der Waals surface area contributed by atoms with Gasteiger partial charge in [-0.05, 0) is 23.8 Å². The second-order valence-electron chi connectivity index (χ2n) is 4.40. The van der Waals surface area contributed by atoms with Gasteiger partial charge in [-0.2, -0.15) is 0 Å². The van der Waals surface area contributed by atoms with Crippen LogP contribution in [0.2, 0.25) is 0 Å². The molecule has 0 spiro atoms. The Kier molecular flexibility index (Phi) is 1.88. The highest BCUT2D eigenvalue weighted by Crippen LogP contribution is 2.64. The molecule has 74 valence electrons. The van der Waals surface area contributed by atoms with Crippen molar-refractivity contribution < 1.29 is 9.53 Å². The number of rotatable bonds is 2. The van der Waals surface area contributed by atoms with Crippen LogP contribution in [-0.2, 0) is 9.53 Å². The Balaban J connectivity index is 2.07. The van der Waals surface area contributed by atoms with Crippen molar-refractivity contribution in [2.45, 2.75) is 26.3 Å². The van der Waals surface area contributed by atoms with Gasteiger partial charge in [0.05, 0.1) is 7.11 Å². The zero-order chi connectivity index (χ0) is 9.64. The molecule has 2 aliphatic rings. The number of carbonyl (C=O) groups excluding carboxylic acids is 1. The molecule has 1 aliphatic carbocycles. The summed E-state index contributed by atoms with van der Waals surface area (Å²) in [5.74, 6) is 1.12. The van der Waals surface area contributed by atoms with Crippen molar-refractivity contribution in [1.82, 2.24) is 5.32 Å². The number of ether oxygens (including phenoxy) is 1. The Bertz CT molecular complexity index is 241. The van der Waals surface area contributed by atoms with Gasteiger partial charge in [0.1, 0.15) is 6.04 Å². The summed E-state index contributed by atoms with van der Waals surface area (Å²) < 4.78 is 4.77. The fraction of sp³-hybridized carbons (Fsp3) is 0.900. The van der Waals surface area contributed by atoms with Gasteiger partial charge < -0.3 is 10.1 Å². The molecule has 0 aromatic carbocycles. The summed E-state index contributed by atoms with van der Waals surface area (Å²) in [5, 5.41) is 3.22. The number of esters is 1. The molecule has 0 radical (unpaired) electrons. The van der Waals surface area contributed by atoms with E-state index < -0.39 is 0 Å². The summed E-state index contributed by atoms with van der Waals surface area (Å²) in [6.07, 6.45) is 1.16. The summed E-state index contributed by atoms with van der Waals surface area (Å²) >= 11 is 0. The first-order valence-corrected chi connectivity index (χ1v) is 4.96. The van der Waals surface area contributed by atoms with Crippen LogP contribution in [0.4, 0.5) is 0 Å². The Labute approximate surface area is 78.8 Å². The van der Waals surface area contributed by atoms with Crippen molar-refractivity contribution in [3.05, 3.63) is 0 Å². The monoisotopic (exact) mass is 183 g/mol. The van der Waals surface area contributed by atoms with Gasteiger partial charge in [0.15, 0.2) is 0 Å². The highest BCUT2D eigenvalue weighted by atomic mass is 16.5. The van der Waals surface area contributed by atoms with Crippen LogP contribution in [0.25, 0.3) is 0 Å². The van der Waals surface area contributed by atoms with Gasteiger partial charge in [-0.1, -0.05) is 20.3 Å². The lowest BCUT2D eigenvalue weighted by molar-refractivity contribution is -0.143. The lowest BCUT2D eigenvalue weighted by Gasteiger charge is -2.18. The fourth-order valence-electron chi connectivity index (χ4n) is 2.91. The summed E-state index contributed by atoms with van der Waals surface area (Å²) in [4.78, 5) is 11.4. The van der Waals surface area contributed by atoms with Crippen LogP contribution < -0.4 is 5.32 Å². The first kappa shape index (κ1) is 9.00. The average molecular weight is 183 g/mol. The molecule has 3 heteroatoms. The Morgan fingerprint density at radius 3 is 2.85 bits per heavy atom. The van der Waals surface area contributed by atoms with Crippen LogP contribution in [0, 0.1) is 17.3 Å². The van der Waals surface area contributed by atoms with Crippen molar-refractivity contribution in [1.29, 1.82) is 0 Å². The normalized spacial score (nSPS) is 47.2. The molecule has 1 N–H and O–H groups in total. The van der Waals surface area contributed by atoms with E-state index in [2.05, 4.69) is 19.2 Å². The zero-order valence-corrected chi connectivity index (χ0v) is 8.46. The molecule has 4 atom stereocenters. The Hall–Kier alpha value is -0.570. The van der Waals surface area contributed by atoms with Crippen LogP contribution >= 0.6 is 0 Å². The molecule has 2 fully saturated rings. The minimum atomic E-state index is -0.0929. The highest BCUT2D eigenvalue weighted by Gasteiger charge is 2.67. The summed E-state index contributed by atoms with van der Waals surface area (Å²) in [6, 6.07) is -0.0417. The standard InChI is InChI=1S/C10H17NO2/c1-4-10(2)6-5-11-8(7(6)10)9(12)13-3/h6-8,11H,4-5H2,1-3H3/t6-,7-,8-,10?/m0/s1. The number of carbonyl (C=O) groups is 1. The predicted octanol–water partition coefficient (Wildman–Crippen LogP) is 0.793. The first-order valence-electron chi connectivity index (χ1n) is 4.96. The number of hydrogen-bond donors (Lipinski definition) is 1. The maximum atomic E-state index is 11.4. The minimum Gasteiger partial charge on any atom is -0.468 e. The van der Waals surface area contributed by atoms with Crippen LogP contribution in [0.5, 0.6) is 0 Å². The molecule has 1 saturated heterocycles. The van der Waals surface area contributed by atoms with Crippen molar-refractivity contribution in [3.63, 3.8) is 0 Å². The maximum absolute atomic E-state index is 11.4. The molecule has 0 aromatic heterocycles. The second-order valence-corrected chi connectivity index (χ2v) is 4.40. The van der Waals surface area contributed by atoms with Crippen molar-refractivity contribution in [2.24, 2.45) is 17.3 Å². The molecule has 13 heavy (non-hydrogen) atoms. The van der Waals surface area contributed by atoms with Crippen LogP contribution in [0.15, 0.2) is 0 Å². The molecule has 0 amide bonds. The van der Waals surface area contributed by atoms with E-state index in [0.29, 0.717) is 17.3 Å². The van der Waals surface area contributed by atoms with E-state index >= 15 is 0 Å². The van der Waals surface area contributed by atoms with Crippen molar-refractivity contribution in [2.75, 3.05) is 13.7 Å². The third-order valence-electron chi connectivity index (χ3n) is 4.07. The van der Waals surface area contributed by atoms with Gasteiger partial charge in [-0.25, -0.2) is 0 Å². The lowest BCUT2D eigenvalue weighted by Crippen LogP contribution is -2.38. The molecule has 1 heterocycles. The average Bonchev–Trinajstić information content (AvgIpc) is 2.56. The quantitative estimate of drug-likeness (QED) is 0.643. The third kappa shape index (κ3) is 1.03. The largest absolute Gasteiger partial charge is 0.468 e. The van der Waals surface area contributed by atoms with Gasteiger partial charge >= 0.3 is 5.97 Å². The van der Waals surface area contributed by atoms with E-state index in [-0.39, 0.29) is 12.0 Å². The van der Waals surface area contributed by atoms with Crippen molar-refractivity contribution >= 4 is 5.97 Å². The maximum Gasteiger partial charge on any atom is 0.323 e. The molecule has 0 bridgehead atoms. The number of nitrogens with one attached hydrogen (secondary N) is 1. The van der Waals surface area contributed by atoms with Gasteiger partial charge in [0.25, 0.3) is 0 Å². The molecular weight excluding hydrogens is 166 g/mol. The number of hydrogen-bond acceptors (Lipinski definition) is 3. The Morgan fingerprint density at radius 1 is 1.69 bits per heavy atom. The van der Waals surface area contributed by atoms with Crippen LogP contribution in [0.1, 0.15) is 20.3 Å². The van der Waals surface area contributed by atoms with Crippen LogP contribution in [-0.4, -0.2) is 25.7 Å². The van der Waals surface area contributed by atoms with Gasteiger partial charge in [-0.3, -0.25) is 4.79 Å². The molecule has 1 saturated carbocycles. The summed E-state index contributed by atoms with van der Waals surface area (Å²) in [7, 11) is 1.46. The highest BCUT2D eigenvalue weighted by molar-refractivity contribution is 5.77. The third-order valence-corrected chi connectivity index (χ3v) is 4.07. The van der Waals surface area contributed by atoms with E-state index in [1.807, 2.05) is 0 Å². The molecule has 2 rings (SSSR count). The number of fused-ring (bicyclic) bond motifs is 1.